The van der Waals surface area contributed by atoms with Crippen molar-refractivity contribution in [2.45, 2.75) is 6.92 Å². The fourth-order valence-electron chi connectivity index (χ4n) is 2.40. The summed E-state index contributed by atoms with van der Waals surface area (Å²) in [5.41, 5.74) is 1.92. The third-order valence-electron chi connectivity index (χ3n) is 3.74. The van der Waals surface area contributed by atoms with E-state index < -0.39 is 0 Å². The van der Waals surface area contributed by atoms with Gasteiger partial charge in [-0.3, -0.25) is 4.79 Å². The topological polar surface area (TPSA) is 67.3 Å². The van der Waals surface area contributed by atoms with Gasteiger partial charge in [0.15, 0.2) is 0 Å². The van der Waals surface area contributed by atoms with E-state index in [1.54, 1.807) is 24.4 Å². The molecule has 0 atom stereocenters. The first kappa shape index (κ1) is 17.4. The predicted molar refractivity (Wildman–Crippen MR) is 102 cm³/mol. The lowest BCUT2D eigenvalue weighted by atomic mass is 10.3. The molecule has 0 spiro atoms. The number of anilines is 3. The zero-order chi connectivity index (χ0) is 18.4. The first-order chi connectivity index (χ1) is 12.7. The van der Waals surface area contributed by atoms with E-state index in [4.69, 9.17) is 4.74 Å². The molecular formula is C20H20N4O2. The summed E-state index contributed by atoms with van der Waals surface area (Å²) in [5.74, 6) is 0.925. The molecule has 26 heavy (non-hydrogen) atoms. The smallest absolute Gasteiger partial charge is 0.274 e. The maximum atomic E-state index is 12.5. The minimum Gasteiger partial charge on any atom is -0.494 e. The maximum absolute atomic E-state index is 12.5. The van der Waals surface area contributed by atoms with Crippen LogP contribution in [-0.4, -0.2) is 29.5 Å². The van der Waals surface area contributed by atoms with Gasteiger partial charge in [0.05, 0.1) is 6.61 Å². The van der Waals surface area contributed by atoms with Crippen molar-refractivity contribution in [3.8, 4) is 5.75 Å². The normalized spacial score (nSPS) is 10.2. The van der Waals surface area contributed by atoms with Gasteiger partial charge >= 0.3 is 0 Å². The van der Waals surface area contributed by atoms with Gasteiger partial charge in [-0.2, -0.15) is 0 Å². The molecule has 0 radical (unpaired) electrons. The van der Waals surface area contributed by atoms with E-state index in [0.717, 1.165) is 11.4 Å². The van der Waals surface area contributed by atoms with E-state index in [2.05, 4.69) is 15.3 Å². The van der Waals surface area contributed by atoms with Gasteiger partial charge in [-0.25, -0.2) is 9.97 Å². The fraction of sp³-hybridized carbons (Fsp3) is 0.150. The highest BCUT2D eigenvalue weighted by Gasteiger charge is 2.12. The van der Waals surface area contributed by atoms with Crippen molar-refractivity contribution in [2.24, 2.45) is 0 Å². The molecule has 1 N–H and O–H groups in total. The molecule has 0 saturated heterocycles. The number of ether oxygens (including phenoxy) is 1. The van der Waals surface area contributed by atoms with Crippen LogP contribution in [-0.2, 0) is 0 Å². The maximum Gasteiger partial charge on any atom is 0.274 e. The highest BCUT2D eigenvalue weighted by atomic mass is 16.5. The van der Waals surface area contributed by atoms with Crippen LogP contribution < -0.4 is 15.0 Å². The molecule has 0 unspecified atom stereocenters. The van der Waals surface area contributed by atoms with E-state index in [-0.39, 0.29) is 5.91 Å². The highest BCUT2D eigenvalue weighted by Crippen LogP contribution is 2.20. The number of hydrogen-bond acceptors (Lipinski definition) is 5. The van der Waals surface area contributed by atoms with Crippen LogP contribution in [0.4, 0.5) is 17.3 Å². The number of aromatic nitrogens is 2. The second-order valence-corrected chi connectivity index (χ2v) is 5.55. The zero-order valence-corrected chi connectivity index (χ0v) is 14.7. The van der Waals surface area contributed by atoms with Gasteiger partial charge in [-0.15, -0.1) is 0 Å². The molecule has 3 rings (SSSR count). The van der Waals surface area contributed by atoms with Crippen molar-refractivity contribution in [3.63, 3.8) is 0 Å². The van der Waals surface area contributed by atoms with Crippen molar-refractivity contribution < 1.29 is 9.53 Å². The van der Waals surface area contributed by atoms with Crippen LogP contribution in [0, 0.1) is 0 Å². The quantitative estimate of drug-likeness (QED) is 0.732. The van der Waals surface area contributed by atoms with Gasteiger partial charge in [-0.05, 0) is 49.4 Å². The fourth-order valence-corrected chi connectivity index (χ4v) is 2.40. The molecule has 0 aliphatic carbocycles. The molecule has 3 aromatic rings. The first-order valence-electron chi connectivity index (χ1n) is 8.33. The van der Waals surface area contributed by atoms with Crippen LogP contribution in [0.15, 0.2) is 66.9 Å². The summed E-state index contributed by atoms with van der Waals surface area (Å²) in [6.07, 6.45) is 1.58. The van der Waals surface area contributed by atoms with E-state index >= 15 is 0 Å². The lowest BCUT2D eigenvalue weighted by molar-refractivity contribution is 0.102. The largest absolute Gasteiger partial charge is 0.494 e. The van der Waals surface area contributed by atoms with Crippen molar-refractivity contribution >= 4 is 23.2 Å². The minimum absolute atomic E-state index is 0.292. The Morgan fingerprint density at radius 2 is 1.81 bits per heavy atom. The molecule has 0 bridgehead atoms. The summed E-state index contributed by atoms with van der Waals surface area (Å²) in [5, 5.41) is 2.83. The Morgan fingerprint density at radius 3 is 2.50 bits per heavy atom. The van der Waals surface area contributed by atoms with Crippen molar-refractivity contribution in [1.82, 2.24) is 9.97 Å². The molecule has 0 aliphatic heterocycles. The summed E-state index contributed by atoms with van der Waals surface area (Å²) >= 11 is 0. The molecule has 132 valence electrons. The summed E-state index contributed by atoms with van der Waals surface area (Å²) < 4.78 is 5.40. The molecule has 6 heteroatoms. The van der Waals surface area contributed by atoms with Crippen LogP contribution in [0.2, 0.25) is 0 Å². The van der Waals surface area contributed by atoms with Gasteiger partial charge in [0.2, 0.25) is 5.95 Å². The van der Waals surface area contributed by atoms with Crippen molar-refractivity contribution in [2.75, 3.05) is 23.9 Å². The standard InChI is InChI=1S/C20H20N4O2/c1-3-26-17-11-9-15(10-12-17)22-19(25)18-13-14-21-20(23-18)24(2)16-7-5-4-6-8-16/h4-14H,3H2,1-2H3,(H,22,25). The van der Waals surface area contributed by atoms with Crippen molar-refractivity contribution in [3.05, 3.63) is 72.6 Å². The number of benzene rings is 2. The predicted octanol–water partition coefficient (Wildman–Crippen LogP) is 3.90. The van der Waals surface area contributed by atoms with Crippen molar-refractivity contribution in [1.29, 1.82) is 0 Å². The number of para-hydroxylation sites is 1. The van der Waals surface area contributed by atoms with Gasteiger partial charge < -0.3 is 15.0 Å². The average molecular weight is 348 g/mol. The molecule has 0 saturated carbocycles. The molecular weight excluding hydrogens is 328 g/mol. The monoisotopic (exact) mass is 348 g/mol. The first-order valence-corrected chi connectivity index (χ1v) is 8.33. The average Bonchev–Trinajstić information content (AvgIpc) is 2.70. The SMILES string of the molecule is CCOc1ccc(NC(=O)c2ccnc(N(C)c3ccccc3)n2)cc1. The zero-order valence-electron chi connectivity index (χ0n) is 14.7. The Labute approximate surface area is 152 Å². The molecule has 1 amide bonds. The van der Waals surface area contributed by atoms with E-state index in [0.29, 0.717) is 23.9 Å². The van der Waals surface area contributed by atoms with Gasteiger partial charge in [0, 0.05) is 24.6 Å². The number of hydrogen-bond donors (Lipinski definition) is 1. The van der Waals surface area contributed by atoms with Crippen LogP contribution in [0.1, 0.15) is 17.4 Å². The molecule has 6 nitrogen and oxygen atoms in total. The molecule has 2 aromatic carbocycles. The van der Waals surface area contributed by atoms with Crippen LogP contribution in [0.25, 0.3) is 0 Å². The molecule has 1 aromatic heterocycles. The summed E-state index contributed by atoms with van der Waals surface area (Å²) in [7, 11) is 1.86. The number of rotatable bonds is 6. The highest BCUT2D eigenvalue weighted by molar-refractivity contribution is 6.03. The molecule has 0 fully saturated rings. The summed E-state index contributed by atoms with van der Waals surface area (Å²) in [6.45, 7) is 2.53. The minimum atomic E-state index is -0.292. The third kappa shape index (κ3) is 4.16. The number of carbonyl (C=O) groups excluding carboxylic acids is 1. The third-order valence-corrected chi connectivity index (χ3v) is 3.74. The van der Waals surface area contributed by atoms with Crippen LogP contribution >= 0.6 is 0 Å². The van der Waals surface area contributed by atoms with E-state index in [9.17, 15) is 4.79 Å². The molecule has 0 aliphatic rings. The Kier molecular flexibility index (Phi) is 5.43. The number of amides is 1. The number of carbonyl (C=O) groups is 1. The van der Waals surface area contributed by atoms with Crippen LogP contribution in [0.3, 0.4) is 0 Å². The van der Waals surface area contributed by atoms with Gasteiger partial charge in [0.25, 0.3) is 5.91 Å². The Hall–Kier alpha value is -3.41. The Morgan fingerprint density at radius 1 is 1.08 bits per heavy atom. The van der Waals surface area contributed by atoms with Gasteiger partial charge in [0.1, 0.15) is 11.4 Å². The number of nitrogens with one attached hydrogen (secondary N) is 1. The van der Waals surface area contributed by atoms with Crippen LogP contribution in [0.5, 0.6) is 5.75 Å². The Balaban J connectivity index is 1.74. The summed E-state index contributed by atoms with van der Waals surface area (Å²) in [4.78, 5) is 22.9. The lowest BCUT2D eigenvalue weighted by Gasteiger charge is -2.17. The second-order valence-electron chi connectivity index (χ2n) is 5.55. The molecule has 1 heterocycles. The van der Waals surface area contributed by atoms with E-state index in [1.807, 2.05) is 61.3 Å². The second kappa shape index (κ2) is 8.11. The number of nitrogens with zero attached hydrogens (tertiary/aromatic N) is 3. The van der Waals surface area contributed by atoms with Gasteiger partial charge in [-0.1, -0.05) is 18.2 Å². The Bertz CT molecular complexity index is 866. The summed E-state index contributed by atoms with van der Waals surface area (Å²) in [6, 6.07) is 18.5. The lowest BCUT2D eigenvalue weighted by Crippen LogP contribution is -2.18. The van der Waals surface area contributed by atoms with E-state index in [1.165, 1.54) is 0 Å².